The average molecular weight is 805 g/mol. The smallest absolute Gasteiger partial charge is 0.0794 e. The van der Waals surface area contributed by atoms with Gasteiger partial charge in [-0.05, 0) is 111 Å². The first-order valence-electron chi connectivity index (χ1n) is 22.2. The van der Waals surface area contributed by atoms with Crippen molar-refractivity contribution in [2.45, 2.75) is 32.1 Å². The van der Waals surface area contributed by atoms with Gasteiger partial charge in [-0.2, -0.15) is 0 Å². The van der Waals surface area contributed by atoms with Crippen LogP contribution in [0.5, 0.6) is 0 Å². The van der Waals surface area contributed by atoms with Gasteiger partial charge in [0.25, 0.3) is 0 Å². The molecule has 0 spiro atoms. The second-order valence-electron chi connectivity index (χ2n) is 17.1. The zero-order valence-corrected chi connectivity index (χ0v) is 35.1. The van der Waals surface area contributed by atoms with E-state index in [1.807, 2.05) is 0 Å². The molecule has 9 aromatic rings. The molecule has 298 valence electrons. The van der Waals surface area contributed by atoms with Crippen LogP contribution >= 0.6 is 0 Å². The van der Waals surface area contributed by atoms with Gasteiger partial charge in [-0.3, -0.25) is 4.99 Å². The van der Waals surface area contributed by atoms with Crippen molar-refractivity contribution in [3.05, 3.63) is 227 Å². The normalized spacial score (nSPS) is 15.3. The minimum atomic E-state index is 0.900. The molecule has 0 aliphatic heterocycles. The Hall–Kier alpha value is -7.68. The first kappa shape index (κ1) is 37.1. The highest BCUT2D eigenvalue weighted by molar-refractivity contribution is 6.18. The third-order valence-electron chi connectivity index (χ3n) is 13.6. The molecule has 2 heteroatoms. The molecule has 2 nitrogen and oxygen atoms in total. The summed E-state index contributed by atoms with van der Waals surface area (Å²) in [5.74, 6) is 0. The van der Waals surface area contributed by atoms with Gasteiger partial charge in [-0.25, -0.2) is 4.98 Å². The van der Waals surface area contributed by atoms with Gasteiger partial charge in [0, 0.05) is 38.2 Å². The SMILES string of the molecule is C=Nc1c(/C(=C2/C=CC3=C(C=CCC3)C2)c2ccc(-c3ccc(-c4ccc(-c5c6ccc7c(c6nc6c5ccc5ccccc56)C=CCC7)cc4)cc3)cc2)ccc2ccccc12. The average Bonchev–Trinajstić information content (AvgIpc) is 3.36. The van der Waals surface area contributed by atoms with Crippen molar-refractivity contribution in [2.24, 2.45) is 4.99 Å². The molecule has 1 heterocycles. The summed E-state index contributed by atoms with van der Waals surface area (Å²) in [6.45, 7) is 4.06. The Kier molecular flexibility index (Phi) is 9.04. The lowest BCUT2D eigenvalue weighted by atomic mass is 9.82. The number of pyridine rings is 1. The zero-order chi connectivity index (χ0) is 41.9. The summed E-state index contributed by atoms with van der Waals surface area (Å²) in [6, 6.07) is 57.9. The van der Waals surface area contributed by atoms with Crippen molar-refractivity contribution >= 4 is 67.4 Å². The second-order valence-corrected chi connectivity index (χ2v) is 17.1. The van der Waals surface area contributed by atoms with Crippen LogP contribution in [-0.4, -0.2) is 11.7 Å². The molecule has 0 bridgehead atoms. The van der Waals surface area contributed by atoms with Crippen molar-refractivity contribution < 1.29 is 0 Å². The first-order valence-corrected chi connectivity index (χ1v) is 22.2. The van der Waals surface area contributed by atoms with E-state index < -0.39 is 0 Å². The Bertz CT molecular complexity index is 3500. The van der Waals surface area contributed by atoms with Crippen LogP contribution < -0.4 is 0 Å². The molecule has 3 aliphatic carbocycles. The molecule has 3 aliphatic rings. The highest BCUT2D eigenvalue weighted by atomic mass is 14.7. The summed E-state index contributed by atoms with van der Waals surface area (Å²) in [4.78, 5) is 10.1. The highest BCUT2D eigenvalue weighted by Gasteiger charge is 2.21. The molecule has 63 heavy (non-hydrogen) atoms. The number of allylic oxidation sites excluding steroid dienone is 8. The maximum atomic E-state index is 5.42. The predicted molar refractivity (Wildman–Crippen MR) is 269 cm³/mol. The van der Waals surface area contributed by atoms with Gasteiger partial charge >= 0.3 is 0 Å². The maximum absolute atomic E-state index is 5.42. The van der Waals surface area contributed by atoms with Crippen LogP contribution in [0.25, 0.3) is 88.4 Å². The number of aliphatic imine (C=N–C) groups is 1. The number of nitrogens with zero attached hydrogens (tertiary/aromatic N) is 2. The van der Waals surface area contributed by atoms with Crippen LogP contribution in [0.4, 0.5) is 5.69 Å². The van der Waals surface area contributed by atoms with E-state index in [1.54, 1.807) is 0 Å². The third-order valence-corrected chi connectivity index (χ3v) is 13.6. The summed E-state index contributed by atoms with van der Waals surface area (Å²) < 4.78 is 0. The van der Waals surface area contributed by atoms with E-state index in [-0.39, 0.29) is 0 Å². The highest BCUT2D eigenvalue weighted by Crippen LogP contribution is 2.44. The van der Waals surface area contributed by atoms with Gasteiger partial charge in [0.05, 0.1) is 16.7 Å². The summed E-state index contributed by atoms with van der Waals surface area (Å²) >= 11 is 0. The van der Waals surface area contributed by atoms with Crippen LogP contribution in [0.15, 0.2) is 210 Å². The number of aromatic nitrogens is 1. The molecular formula is C61H44N2. The third kappa shape index (κ3) is 6.41. The molecule has 12 rings (SSSR count). The largest absolute Gasteiger partial charge is 0.263 e. The lowest BCUT2D eigenvalue weighted by Gasteiger charge is -2.23. The maximum Gasteiger partial charge on any atom is 0.0794 e. The zero-order valence-electron chi connectivity index (χ0n) is 35.1. The first-order chi connectivity index (χ1) is 31.2. The van der Waals surface area contributed by atoms with Crippen LogP contribution in [-0.2, 0) is 6.42 Å². The summed E-state index contributed by atoms with van der Waals surface area (Å²) in [5.41, 5.74) is 20.6. The Balaban J connectivity index is 0.882. The topological polar surface area (TPSA) is 25.2 Å². The molecule has 0 atom stereocenters. The lowest BCUT2D eigenvalue weighted by Crippen LogP contribution is -2.03. The van der Waals surface area contributed by atoms with Crippen LogP contribution in [0.2, 0.25) is 0 Å². The summed E-state index contributed by atoms with van der Waals surface area (Å²) in [7, 11) is 0. The number of hydrogen-bond donors (Lipinski definition) is 0. The molecule has 0 radical (unpaired) electrons. The Labute approximate surface area is 368 Å². The summed E-state index contributed by atoms with van der Waals surface area (Å²) in [6.07, 6.45) is 19.1. The molecule has 0 fully saturated rings. The fourth-order valence-corrected chi connectivity index (χ4v) is 10.3. The minimum absolute atomic E-state index is 0.900. The van der Waals surface area contributed by atoms with Gasteiger partial charge in [-0.15, -0.1) is 0 Å². The van der Waals surface area contributed by atoms with E-state index >= 15 is 0 Å². The number of benzene rings is 8. The standard InChI is InChI=1S/C61H44N2/c1-62-59-51-15-7-4-11-44(51)32-35-54(59)57(50-31-26-39-10-2-3-14-49(39)38-50)47-27-22-42(23-28-47)40-18-20-41(21-19-40)43-24-29-48(30-25-43)58-55-36-33-45-12-5-8-16-52(45)60(55)63-61-53-17-9-6-13-46(53)34-37-56(58)61/h3-5,7-9,11-12,14-37H,1-2,6,10,13,38H2/b57-50-. The number of hydrogen-bond acceptors (Lipinski definition) is 2. The molecular weight excluding hydrogens is 761 g/mol. The van der Waals surface area contributed by atoms with Crippen molar-refractivity contribution in [2.75, 3.05) is 0 Å². The van der Waals surface area contributed by atoms with Crippen molar-refractivity contribution in [3.63, 3.8) is 0 Å². The van der Waals surface area contributed by atoms with E-state index in [4.69, 9.17) is 4.98 Å². The van der Waals surface area contributed by atoms with Gasteiger partial charge in [-0.1, -0.05) is 194 Å². The van der Waals surface area contributed by atoms with Crippen LogP contribution in [0.3, 0.4) is 0 Å². The lowest BCUT2D eigenvalue weighted by molar-refractivity contribution is 0.938. The van der Waals surface area contributed by atoms with Gasteiger partial charge in [0.1, 0.15) is 0 Å². The number of aryl methyl sites for hydroxylation is 1. The van der Waals surface area contributed by atoms with E-state index in [9.17, 15) is 0 Å². The summed E-state index contributed by atoms with van der Waals surface area (Å²) in [5, 5.41) is 7.08. The predicted octanol–water partition coefficient (Wildman–Crippen LogP) is 16.4. The quantitative estimate of drug-likeness (QED) is 0.0934. The van der Waals surface area contributed by atoms with E-state index in [0.717, 1.165) is 59.8 Å². The van der Waals surface area contributed by atoms with E-state index in [2.05, 4.69) is 206 Å². The molecule has 0 amide bonds. The van der Waals surface area contributed by atoms with Crippen molar-refractivity contribution in [1.82, 2.24) is 4.98 Å². The molecule has 0 N–H and O–H groups in total. The van der Waals surface area contributed by atoms with E-state index in [1.165, 1.54) is 99.3 Å². The molecule has 8 aromatic carbocycles. The molecule has 0 saturated carbocycles. The number of fused-ring (bicyclic) bond motifs is 7. The fourth-order valence-electron chi connectivity index (χ4n) is 10.3. The fraction of sp³-hybridized carbons (Fsp3) is 0.0820. The van der Waals surface area contributed by atoms with Gasteiger partial charge in [0.15, 0.2) is 0 Å². The molecule has 0 saturated heterocycles. The number of rotatable bonds is 6. The van der Waals surface area contributed by atoms with Gasteiger partial charge < -0.3 is 0 Å². The van der Waals surface area contributed by atoms with Crippen molar-refractivity contribution in [3.8, 4) is 33.4 Å². The second kappa shape index (κ2) is 15.3. The van der Waals surface area contributed by atoms with Crippen molar-refractivity contribution in [1.29, 1.82) is 0 Å². The Morgan fingerprint density at radius 3 is 1.83 bits per heavy atom. The van der Waals surface area contributed by atoms with Gasteiger partial charge in [0.2, 0.25) is 0 Å². The van der Waals surface area contributed by atoms with Crippen LogP contribution in [0.1, 0.15) is 47.9 Å². The molecule has 0 unspecified atom stereocenters. The van der Waals surface area contributed by atoms with Crippen LogP contribution in [0, 0.1) is 0 Å². The van der Waals surface area contributed by atoms with E-state index in [0.29, 0.717) is 0 Å². The Morgan fingerprint density at radius 1 is 0.476 bits per heavy atom. The monoisotopic (exact) mass is 804 g/mol. The molecule has 1 aromatic heterocycles. The minimum Gasteiger partial charge on any atom is -0.263 e. The Morgan fingerprint density at radius 2 is 1.08 bits per heavy atom.